The van der Waals surface area contributed by atoms with Gasteiger partial charge in [0.05, 0.1) is 12.6 Å². The molecular weight excluding hydrogens is 304 g/mol. The lowest BCUT2D eigenvalue weighted by Gasteiger charge is -2.24. The second-order valence-electron chi connectivity index (χ2n) is 7.26. The molecule has 1 amide bonds. The molecule has 3 N–H and O–H groups in total. The molecule has 134 valence electrons. The van der Waals surface area contributed by atoms with E-state index in [4.69, 9.17) is 0 Å². The minimum absolute atomic E-state index is 0.0320. The van der Waals surface area contributed by atoms with Crippen molar-refractivity contribution in [3.8, 4) is 0 Å². The van der Waals surface area contributed by atoms with Crippen molar-refractivity contribution < 1.29 is 14.7 Å². The molecule has 0 aliphatic carbocycles. The maximum atomic E-state index is 12.4. The van der Waals surface area contributed by atoms with E-state index in [2.05, 4.69) is 10.6 Å². The Morgan fingerprint density at radius 3 is 2.33 bits per heavy atom. The number of rotatable bonds is 10. The van der Waals surface area contributed by atoms with Gasteiger partial charge in [-0.05, 0) is 17.8 Å². The van der Waals surface area contributed by atoms with E-state index in [1.165, 1.54) is 0 Å². The molecule has 1 rings (SSSR count). The lowest BCUT2D eigenvalue weighted by molar-refractivity contribution is -0.124. The minimum Gasteiger partial charge on any atom is -0.396 e. The van der Waals surface area contributed by atoms with Gasteiger partial charge in [0.2, 0.25) is 5.91 Å². The summed E-state index contributed by atoms with van der Waals surface area (Å²) in [6.07, 6.45) is 0.697. The van der Waals surface area contributed by atoms with Gasteiger partial charge >= 0.3 is 0 Å². The molecular formula is C19H30N2O3. The molecule has 0 spiro atoms. The van der Waals surface area contributed by atoms with Gasteiger partial charge in [-0.25, -0.2) is 0 Å². The van der Waals surface area contributed by atoms with Crippen LogP contribution in [0.3, 0.4) is 0 Å². The maximum Gasteiger partial charge on any atom is 0.237 e. The molecule has 0 heterocycles. The number of hydrogen-bond acceptors (Lipinski definition) is 4. The highest BCUT2D eigenvalue weighted by molar-refractivity contribution is 5.98. The Labute approximate surface area is 144 Å². The molecule has 0 unspecified atom stereocenters. The summed E-state index contributed by atoms with van der Waals surface area (Å²) in [6, 6.07) is 8.63. The van der Waals surface area contributed by atoms with Gasteiger partial charge in [0, 0.05) is 18.7 Å². The molecule has 5 heteroatoms. The summed E-state index contributed by atoms with van der Waals surface area (Å²) >= 11 is 0. The van der Waals surface area contributed by atoms with E-state index >= 15 is 0 Å². The minimum atomic E-state index is -0.421. The zero-order valence-corrected chi connectivity index (χ0v) is 15.1. The van der Waals surface area contributed by atoms with E-state index in [-0.39, 0.29) is 36.2 Å². The molecule has 0 aliphatic heterocycles. The lowest BCUT2D eigenvalue weighted by atomic mass is 9.90. The summed E-state index contributed by atoms with van der Waals surface area (Å²) in [5.41, 5.74) is 0.426. The molecule has 0 saturated carbocycles. The van der Waals surface area contributed by atoms with E-state index in [0.717, 1.165) is 0 Å². The molecule has 5 nitrogen and oxygen atoms in total. The number of aliphatic hydroxyl groups excluding tert-OH is 1. The van der Waals surface area contributed by atoms with Crippen molar-refractivity contribution in [2.24, 2.45) is 11.3 Å². The number of aliphatic hydroxyl groups is 1. The number of carbonyl (C=O) groups excluding carboxylic acids is 2. The zero-order chi connectivity index (χ0) is 18.2. The zero-order valence-electron chi connectivity index (χ0n) is 15.1. The van der Waals surface area contributed by atoms with E-state index in [1.807, 2.05) is 45.9 Å². The first-order chi connectivity index (χ1) is 11.3. The fourth-order valence-corrected chi connectivity index (χ4v) is 2.27. The van der Waals surface area contributed by atoms with Gasteiger partial charge in [-0.3, -0.25) is 14.9 Å². The van der Waals surface area contributed by atoms with Gasteiger partial charge in [-0.15, -0.1) is 0 Å². The molecule has 1 aromatic carbocycles. The Kier molecular flexibility index (Phi) is 8.08. The van der Waals surface area contributed by atoms with E-state index in [1.54, 1.807) is 12.1 Å². The Bertz CT molecular complexity index is 527. The lowest BCUT2D eigenvalue weighted by Crippen LogP contribution is -2.49. The first-order valence-corrected chi connectivity index (χ1v) is 8.47. The normalized spacial score (nSPS) is 12.9. The summed E-state index contributed by atoms with van der Waals surface area (Å²) in [5.74, 6) is -0.0745. The molecule has 1 aromatic rings. The molecule has 1 atom stereocenters. The predicted octanol–water partition coefficient (Wildman–Crippen LogP) is 2.01. The van der Waals surface area contributed by atoms with Crippen LogP contribution in [-0.4, -0.2) is 42.5 Å². The maximum absolute atomic E-state index is 12.4. The van der Waals surface area contributed by atoms with Crippen molar-refractivity contribution in [1.82, 2.24) is 10.6 Å². The summed E-state index contributed by atoms with van der Waals surface area (Å²) < 4.78 is 0. The second-order valence-corrected chi connectivity index (χ2v) is 7.26. The fraction of sp³-hybridized carbons (Fsp3) is 0.579. The molecule has 0 bridgehead atoms. The number of amides is 1. The van der Waals surface area contributed by atoms with Crippen molar-refractivity contribution in [3.05, 3.63) is 35.9 Å². The van der Waals surface area contributed by atoms with Crippen molar-refractivity contribution >= 4 is 11.7 Å². The highest BCUT2D eigenvalue weighted by atomic mass is 16.3. The van der Waals surface area contributed by atoms with Crippen LogP contribution in [0.4, 0.5) is 0 Å². The van der Waals surface area contributed by atoms with Crippen LogP contribution in [0, 0.1) is 11.3 Å². The summed E-state index contributed by atoms with van der Waals surface area (Å²) in [6.45, 7) is 8.52. The smallest absolute Gasteiger partial charge is 0.237 e. The van der Waals surface area contributed by atoms with Crippen LogP contribution in [0.1, 0.15) is 44.5 Å². The highest BCUT2D eigenvalue weighted by Gasteiger charge is 2.23. The average molecular weight is 334 g/mol. The Morgan fingerprint density at radius 1 is 1.17 bits per heavy atom. The first-order valence-electron chi connectivity index (χ1n) is 8.47. The van der Waals surface area contributed by atoms with Crippen molar-refractivity contribution in [1.29, 1.82) is 0 Å². The standard InChI is InChI=1S/C19H30N2O3/c1-14(2)17(18(24)20-11-10-19(3,4)13-22)21-12-16(23)15-8-6-5-7-9-15/h5-9,14,17,21-22H,10-13H2,1-4H3,(H,20,24)/t17-/m0/s1. The van der Waals surface area contributed by atoms with Crippen LogP contribution < -0.4 is 10.6 Å². The van der Waals surface area contributed by atoms with E-state index in [0.29, 0.717) is 18.5 Å². The summed E-state index contributed by atoms with van der Waals surface area (Å²) in [5, 5.41) is 15.2. The molecule has 0 aliphatic rings. The van der Waals surface area contributed by atoms with Crippen molar-refractivity contribution in [2.75, 3.05) is 19.7 Å². The fourth-order valence-electron chi connectivity index (χ4n) is 2.27. The van der Waals surface area contributed by atoms with Crippen LogP contribution in [0.25, 0.3) is 0 Å². The molecule has 0 radical (unpaired) electrons. The van der Waals surface area contributed by atoms with E-state index in [9.17, 15) is 14.7 Å². The number of ketones is 1. The monoisotopic (exact) mass is 334 g/mol. The van der Waals surface area contributed by atoms with Crippen LogP contribution in [-0.2, 0) is 4.79 Å². The number of hydrogen-bond donors (Lipinski definition) is 3. The van der Waals surface area contributed by atoms with Gasteiger partial charge in [0.15, 0.2) is 5.78 Å². The Balaban J connectivity index is 2.51. The molecule has 0 fully saturated rings. The number of Topliss-reactive ketones (excluding diaryl/α,β-unsaturated/α-hetero) is 1. The topological polar surface area (TPSA) is 78.4 Å². The van der Waals surface area contributed by atoms with Crippen LogP contribution in [0.5, 0.6) is 0 Å². The number of benzene rings is 1. The molecule has 0 saturated heterocycles. The predicted molar refractivity (Wildman–Crippen MR) is 95.9 cm³/mol. The summed E-state index contributed by atoms with van der Waals surface area (Å²) in [7, 11) is 0. The average Bonchev–Trinajstić information content (AvgIpc) is 2.55. The van der Waals surface area contributed by atoms with Crippen molar-refractivity contribution in [3.63, 3.8) is 0 Å². The third-order valence-corrected chi connectivity index (χ3v) is 4.06. The van der Waals surface area contributed by atoms with Gasteiger partial charge in [0.25, 0.3) is 0 Å². The third kappa shape index (κ3) is 6.81. The summed E-state index contributed by atoms with van der Waals surface area (Å²) in [4.78, 5) is 24.5. The SMILES string of the molecule is CC(C)[C@H](NCC(=O)c1ccccc1)C(=O)NCCC(C)(C)CO. The molecule has 24 heavy (non-hydrogen) atoms. The Morgan fingerprint density at radius 2 is 1.79 bits per heavy atom. The number of nitrogens with one attached hydrogen (secondary N) is 2. The quantitative estimate of drug-likeness (QED) is 0.572. The second kappa shape index (κ2) is 9.55. The van der Waals surface area contributed by atoms with E-state index < -0.39 is 6.04 Å². The van der Waals surface area contributed by atoms with Gasteiger partial charge in [0.1, 0.15) is 0 Å². The van der Waals surface area contributed by atoms with Gasteiger partial charge < -0.3 is 10.4 Å². The van der Waals surface area contributed by atoms with Gasteiger partial charge in [-0.2, -0.15) is 0 Å². The Hall–Kier alpha value is -1.72. The highest BCUT2D eigenvalue weighted by Crippen LogP contribution is 2.17. The first kappa shape index (κ1) is 20.3. The van der Waals surface area contributed by atoms with Crippen molar-refractivity contribution in [2.45, 2.75) is 40.2 Å². The van der Waals surface area contributed by atoms with Crippen LogP contribution >= 0.6 is 0 Å². The molecule has 0 aromatic heterocycles. The largest absolute Gasteiger partial charge is 0.396 e. The van der Waals surface area contributed by atoms with Crippen LogP contribution in [0.2, 0.25) is 0 Å². The van der Waals surface area contributed by atoms with Crippen LogP contribution in [0.15, 0.2) is 30.3 Å². The number of carbonyl (C=O) groups is 2. The van der Waals surface area contributed by atoms with Gasteiger partial charge in [-0.1, -0.05) is 58.0 Å². The third-order valence-electron chi connectivity index (χ3n) is 4.06.